The summed E-state index contributed by atoms with van der Waals surface area (Å²) in [5.74, 6) is -0.185. The van der Waals surface area contributed by atoms with Gasteiger partial charge in [0.05, 0.1) is 11.4 Å². The Morgan fingerprint density at radius 3 is 2.36 bits per heavy atom. The van der Waals surface area contributed by atoms with Crippen molar-refractivity contribution < 1.29 is 13.2 Å². The predicted octanol–water partition coefficient (Wildman–Crippen LogP) is 3.69. The van der Waals surface area contributed by atoms with Gasteiger partial charge in [0.2, 0.25) is 15.9 Å². The Labute approximate surface area is 153 Å². The molecule has 0 aromatic heterocycles. The number of amides is 1. The van der Waals surface area contributed by atoms with Gasteiger partial charge in [-0.25, -0.2) is 13.1 Å². The number of sulfonamides is 1. The van der Waals surface area contributed by atoms with E-state index in [0.29, 0.717) is 5.02 Å². The summed E-state index contributed by atoms with van der Waals surface area (Å²) in [6.07, 6.45) is 0. The summed E-state index contributed by atoms with van der Waals surface area (Å²) in [4.78, 5) is 12.3. The Morgan fingerprint density at radius 2 is 1.76 bits per heavy atom. The molecule has 2 N–H and O–H groups in total. The Kier molecular flexibility index (Phi) is 6.21. The summed E-state index contributed by atoms with van der Waals surface area (Å²) in [7, 11) is -3.77. The molecule has 0 fully saturated rings. The highest BCUT2D eigenvalue weighted by atomic mass is 35.5. The number of rotatable bonds is 6. The van der Waals surface area contributed by atoms with Gasteiger partial charge < -0.3 is 5.32 Å². The van der Waals surface area contributed by atoms with Crippen LogP contribution in [0, 0.1) is 6.92 Å². The van der Waals surface area contributed by atoms with Crippen LogP contribution >= 0.6 is 11.6 Å². The maximum Gasteiger partial charge on any atom is 0.241 e. The van der Waals surface area contributed by atoms with E-state index < -0.39 is 15.9 Å². The molecular weight excluding hydrogens is 360 g/mol. The van der Waals surface area contributed by atoms with E-state index in [1.54, 1.807) is 0 Å². The minimum absolute atomic E-state index is 0.0588. The molecule has 0 aliphatic carbocycles. The smallest absolute Gasteiger partial charge is 0.241 e. The van der Waals surface area contributed by atoms with Crippen molar-refractivity contribution in [2.45, 2.75) is 31.6 Å². The Morgan fingerprint density at radius 1 is 1.12 bits per heavy atom. The summed E-state index contributed by atoms with van der Waals surface area (Å²) in [6.45, 7) is 5.62. The molecule has 0 unspecified atom stereocenters. The fraction of sp³-hybridized carbons (Fsp3) is 0.278. The van der Waals surface area contributed by atoms with Gasteiger partial charge in [-0.15, -0.1) is 0 Å². The number of carbonyl (C=O) groups is 1. The maximum absolute atomic E-state index is 12.2. The van der Waals surface area contributed by atoms with Gasteiger partial charge in [-0.3, -0.25) is 4.79 Å². The summed E-state index contributed by atoms with van der Waals surface area (Å²) in [5.41, 5.74) is 2.67. The van der Waals surface area contributed by atoms with E-state index in [0.717, 1.165) is 16.8 Å². The first kappa shape index (κ1) is 19.4. The molecule has 0 saturated carbocycles. The molecule has 2 rings (SSSR count). The van der Waals surface area contributed by atoms with Gasteiger partial charge in [-0.1, -0.05) is 43.6 Å². The number of hydrogen-bond acceptors (Lipinski definition) is 3. The van der Waals surface area contributed by atoms with E-state index in [1.807, 2.05) is 39.0 Å². The number of anilines is 1. The molecule has 134 valence electrons. The van der Waals surface area contributed by atoms with Crippen LogP contribution in [0.2, 0.25) is 5.02 Å². The largest absolute Gasteiger partial charge is 0.324 e. The van der Waals surface area contributed by atoms with Crippen LogP contribution in [0.15, 0.2) is 47.4 Å². The number of hydrogen-bond donors (Lipinski definition) is 2. The van der Waals surface area contributed by atoms with Crippen molar-refractivity contribution in [3.63, 3.8) is 0 Å². The Bertz CT molecular complexity index is 862. The molecule has 1 amide bonds. The number of halogens is 1. The van der Waals surface area contributed by atoms with E-state index in [2.05, 4.69) is 10.0 Å². The van der Waals surface area contributed by atoms with Gasteiger partial charge in [0.25, 0.3) is 0 Å². The van der Waals surface area contributed by atoms with Crippen LogP contribution in [0.3, 0.4) is 0 Å². The van der Waals surface area contributed by atoms with E-state index in [1.165, 1.54) is 24.3 Å². The molecule has 0 bridgehead atoms. The summed E-state index contributed by atoms with van der Waals surface area (Å²) in [6, 6.07) is 11.5. The average Bonchev–Trinajstić information content (AvgIpc) is 2.55. The van der Waals surface area contributed by atoms with Crippen molar-refractivity contribution in [1.29, 1.82) is 0 Å². The third kappa shape index (κ3) is 5.04. The average molecular weight is 381 g/mol. The van der Waals surface area contributed by atoms with E-state index in [9.17, 15) is 13.2 Å². The highest BCUT2D eigenvalue weighted by molar-refractivity contribution is 7.89. The van der Waals surface area contributed by atoms with Gasteiger partial charge in [0, 0.05) is 10.7 Å². The lowest BCUT2D eigenvalue weighted by molar-refractivity contribution is -0.115. The SMILES string of the molecule is Cc1cccc(C(C)C)c1NC(=O)CNS(=O)(=O)c1ccc(Cl)cc1. The standard InChI is InChI=1S/C18H21ClN2O3S/c1-12(2)16-6-4-5-13(3)18(16)21-17(22)11-20-25(23,24)15-9-7-14(19)8-10-15/h4-10,12,20H,11H2,1-3H3,(H,21,22). The summed E-state index contributed by atoms with van der Waals surface area (Å²) >= 11 is 5.76. The van der Waals surface area contributed by atoms with E-state index in [-0.39, 0.29) is 17.4 Å². The second-order valence-electron chi connectivity index (χ2n) is 6.02. The zero-order valence-electron chi connectivity index (χ0n) is 14.3. The number of para-hydroxylation sites is 1. The molecule has 0 heterocycles. The van der Waals surface area contributed by atoms with Gasteiger partial charge in [-0.05, 0) is 48.2 Å². The Balaban J connectivity index is 2.08. The fourth-order valence-electron chi connectivity index (χ4n) is 2.38. The predicted molar refractivity (Wildman–Crippen MR) is 101 cm³/mol. The van der Waals surface area contributed by atoms with Crippen molar-refractivity contribution in [2.24, 2.45) is 0 Å². The van der Waals surface area contributed by atoms with Crippen LogP contribution in [-0.2, 0) is 14.8 Å². The third-order valence-electron chi connectivity index (χ3n) is 3.74. The van der Waals surface area contributed by atoms with Gasteiger partial charge >= 0.3 is 0 Å². The first-order valence-electron chi connectivity index (χ1n) is 7.85. The van der Waals surface area contributed by atoms with Gasteiger partial charge in [0.15, 0.2) is 0 Å². The minimum Gasteiger partial charge on any atom is -0.324 e. The topological polar surface area (TPSA) is 75.3 Å². The van der Waals surface area contributed by atoms with Crippen molar-refractivity contribution in [3.8, 4) is 0 Å². The van der Waals surface area contributed by atoms with Crippen molar-refractivity contribution in [1.82, 2.24) is 4.72 Å². The van der Waals surface area contributed by atoms with Gasteiger partial charge in [0.1, 0.15) is 0 Å². The summed E-state index contributed by atoms with van der Waals surface area (Å²) in [5, 5.41) is 3.25. The highest BCUT2D eigenvalue weighted by Crippen LogP contribution is 2.27. The minimum atomic E-state index is -3.77. The molecular formula is C18H21ClN2O3S. The third-order valence-corrected chi connectivity index (χ3v) is 5.41. The van der Waals surface area contributed by atoms with Crippen LogP contribution in [0.1, 0.15) is 30.9 Å². The van der Waals surface area contributed by atoms with Crippen molar-refractivity contribution in [3.05, 3.63) is 58.6 Å². The number of benzene rings is 2. The van der Waals surface area contributed by atoms with Crippen LogP contribution in [0.4, 0.5) is 5.69 Å². The lowest BCUT2D eigenvalue weighted by Crippen LogP contribution is -2.33. The molecule has 0 aliphatic heterocycles. The number of nitrogens with one attached hydrogen (secondary N) is 2. The molecule has 7 heteroatoms. The molecule has 25 heavy (non-hydrogen) atoms. The van der Waals surface area contributed by atoms with Crippen molar-refractivity contribution >= 4 is 33.2 Å². The molecule has 2 aromatic carbocycles. The van der Waals surface area contributed by atoms with Crippen molar-refractivity contribution in [2.75, 3.05) is 11.9 Å². The molecule has 0 aliphatic rings. The van der Waals surface area contributed by atoms with Crippen LogP contribution in [0.5, 0.6) is 0 Å². The first-order chi connectivity index (χ1) is 11.7. The molecule has 0 radical (unpaired) electrons. The highest BCUT2D eigenvalue weighted by Gasteiger charge is 2.17. The van der Waals surface area contributed by atoms with Crippen LogP contribution in [0.25, 0.3) is 0 Å². The maximum atomic E-state index is 12.2. The molecule has 2 aromatic rings. The molecule has 0 saturated heterocycles. The fourth-order valence-corrected chi connectivity index (χ4v) is 3.49. The first-order valence-corrected chi connectivity index (χ1v) is 9.71. The molecule has 0 atom stereocenters. The second-order valence-corrected chi connectivity index (χ2v) is 8.22. The number of carbonyl (C=O) groups excluding carboxylic acids is 1. The summed E-state index contributed by atoms with van der Waals surface area (Å²) < 4.78 is 26.7. The zero-order valence-corrected chi connectivity index (χ0v) is 15.9. The molecule has 0 spiro atoms. The quantitative estimate of drug-likeness (QED) is 0.802. The molecule has 5 nitrogen and oxygen atoms in total. The van der Waals surface area contributed by atoms with Gasteiger partial charge in [-0.2, -0.15) is 0 Å². The number of aryl methyl sites for hydroxylation is 1. The lowest BCUT2D eigenvalue weighted by atomic mass is 9.98. The van der Waals surface area contributed by atoms with E-state index >= 15 is 0 Å². The second kappa shape index (κ2) is 7.99. The lowest BCUT2D eigenvalue weighted by Gasteiger charge is -2.16. The Hall–Kier alpha value is -1.89. The zero-order chi connectivity index (χ0) is 18.6. The van der Waals surface area contributed by atoms with E-state index in [4.69, 9.17) is 11.6 Å². The van der Waals surface area contributed by atoms with Crippen LogP contribution in [-0.4, -0.2) is 20.9 Å². The van der Waals surface area contributed by atoms with Crippen LogP contribution < -0.4 is 10.0 Å². The normalized spacial score (nSPS) is 11.6. The monoisotopic (exact) mass is 380 g/mol.